The molecular weight excluding hydrogens is 297 g/mol. The van der Waals surface area contributed by atoms with E-state index in [9.17, 15) is 19.7 Å². The zero-order chi connectivity index (χ0) is 14.4. The highest BCUT2D eigenvalue weighted by atomic mass is 35.5. The summed E-state index contributed by atoms with van der Waals surface area (Å²) < 4.78 is 5.24. The van der Waals surface area contributed by atoms with Crippen molar-refractivity contribution in [1.29, 1.82) is 0 Å². The van der Waals surface area contributed by atoms with Crippen molar-refractivity contribution < 1.29 is 19.2 Å². The van der Waals surface area contributed by atoms with Gasteiger partial charge in [0, 0.05) is 12.5 Å². The summed E-state index contributed by atoms with van der Waals surface area (Å²) in [5, 5.41) is 10.2. The van der Waals surface area contributed by atoms with Crippen molar-refractivity contribution in [2.45, 2.75) is 12.8 Å². The van der Waals surface area contributed by atoms with Gasteiger partial charge in [0.05, 0.1) is 22.1 Å². The highest BCUT2D eigenvalue weighted by Crippen LogP contribution is 2.31. The Morgan fingerprint density at radius 1 is 1.47 bits per heavy atom. The molecule has 0 aliphatic rings. The van der Waals surface area contributed by atoms with Gasteiger partial charge < -0.3 is 4.74 Å². The molecule has 0 fully saturated rings. The molecule has 0 saturated carbocycles. The van der Waals surface area contributed by atoms with E-state index >= 15 is 0 Å². The van der Waals surface area contributed by atoms with Crippen molar-refractivity contribution in [3.05, 3.63) is 32.8 Å². The molecule has 0 aromatic heterocycles. The number of nitro benzene ring substituents is 1. The van der Waals surface area contributed by atoms with Crippen molar-refractivity contribution in [1.82, 2.24) is 0 Å². The Kier molecular flexibility index (Phi) is 5.72. The van der Waals surface area contributed by atoms with Crippen LogP contribution in [0.2, 0.25) is 5.02 Å². The third-order valence-corrected chi connectivity index (χ3v) is 2.66. The first-order valence-corrected chi connectivity index (χ1v) is 5.95. The smallest absolute Gasteiger partial charge is 0.281 e. The maximum atomic E-state index is 10.7. The summed E-state index contributed by atoms with van der Waals surface area (Å²) in [5.74, 6) is 0.149. The molecule has 0 aliphatic heterocycles. The van der Waals surface area contributed by atoms with Crippen LogP contribution in [0, 0.1) is 10.1 Å². The van der Waals surface area contributed by atoms with Crippen LogP contribution in [0.15, 0.2) is 12.1 Å². The van der Waals surface area contributed by atoms with Crippen molar-refractivity contribution in [3.63, 3.8) is 0 Å². The van der Waals surface area contributed by atoms with Crippen LogP contribution >= 0.6 is 23.2 Å². The Hall–Kier alpha value is -1.66. The number of ether oxygens (including phenoxy) is 1. The topological polar surface area (TPSA) is 86.5 Å². The summed E-state index contributed by atoms with van der Waals surface area (Å²) >= 11 is 11.0. The number of halogens is 2. The average molecular weight is 306 g/mol. The zero-order valence-electron chi connectivity index (χ0n) is 9.60. The minimum Gasteiger partial charge on any atom is -0.492 e. The molecule has 0 bridgehead atoms. The summed E-state index contributed by atoms with van der Waals surface area (Å²) in [6.07, 6.45) is 0.877. The lowest BCUT2D eigenvalue weighted by atomic mass is 10.2. The van der Waals surface area contributed by atoms with E-state index in [2.05, 4.69) is 0 Å². The first kappa shape index (κ1) is 15.4. The second kappa shape index (κ2) is 7.06. The second-order valence-corrected chi connectivity index (χ2v) is 4.35. The van der Waals surface area contributed by atoms with E-state index in [4.69, 9.17) is 27.9 Å². The number of carbonyl (C=O) groups excluding carboxylic acids is 2. The van der Waals surface area contributed by atoms with Gasteiger partial charge in [0.2, 0.25) is 5.24 Å². The van der Waals surface area contributed by atoms with E-state index in [0.717, 1.165) is 6.07 Å². The lowest BCUT2D eigenvalue weighted by Gasteiger charge is -2.08. The summed E-state index contributed by atoms with van der Waals surface area (Å²) in [5.41, 5.74) is -0.513. The SMILES string of the molecule is O=Cc1cc(OCCCC(=O)Cl)c(Cl)cc1[N+](=O)[O-]. The van der Waals surface area contributed by atoms with Gasteiger partial charge >= 0.3 is 0 Å². The summed E-state index contributed by atoms with van der Waals surface area (Å²) in [7, 11) is 0. The molecule has 0 radical (unpaired) electrons. The normalized spacial score (nSPS) is 10.0. The molecule has 1 aromatic carbocycles. The largest absolute Gasteiger partial charge is 0.492 e. The Morgan fingerprint density at radius 3 is 2.68 bits per heavy atom. The summed E-state index contributed by atoms with van der Waals surface area (Å²) in [4.78, 5) is 31.2. The fourth-order valence-corrected chi connectivity index (χ4v) is 1.66. The van der Waals surface area contributed by atoms with Gasteiger partial charge in [0.25, 0.3) is 5.69 Å². The number of rotatable bonds is 7. The number of nitro groups is 1. The molecule has 6 nitrogen and oxygen atoms in total. The van der Waals surface area contributed by atoms with Crippen molar-refractivity contribution >= 4 is 40.4 Å². The van der Waals surface area contributed by atoms with Gasteiger partial charge in [-0.05, 0) is 24.1 Å². The van der Waals surface area contributed by atoms with E-state index in [0.29, 0.717) is 12.7 Å². The Bertz CT molecular complexity index is 518. The van der Waals surface area contributed by atoms with Crippen molar-refractivity contribution in [3.8, 4) is 5.75 Å². The third kappa shape index (κ3) is 4.50. The number of benzene rings is 1. The quantitative estimate of drug-likeness (QED) is 0.254. The molecule has 0 unspecified atom stereocenters. The maximum absolute atomic E-state index is 10.7. The molecule has 1 rings (SSSR count). The van der Waals surface area contributed by atoms with Gasteiger partial charge in [-0.1, -0.05) is 11.6 Å². The molecule has 0 heterocycles. The van der Waals surface area contributed by atoms with Crippen LogP contribution in [-0.2, 0) is 4.79 Å². The maximum Gasteiger partial charge on any atom is 0.281 e. The van der Waals surface area contributed by atoms with Crippen LogP contribution in [0.5, 0.6) is 5.75 Å². The van der Waals surface area contributed by atoms with Crippen LogP contribution in [0.1, 0.15) is 23.2 Å². The Balaban J connectivity index is 2.82. The van der Waals surface area contributed by atoms with Gasteiger partial charge in [-0.3, -0.25) is 19.7 Å². The van der Waals surface area contributed by atoms with Crippen LogP contribution in [0.4, 0.5) is 5.69 Å². The fourth-order valence-electron chi connectivity index (χ4n) is 1.32. The van der Waals surface area contributed by atoms with Crippen LogP contribution < -0.4 is 4.74 Å². The lowest BCUT2D eigenvalue weighted by Crippen LogP contribution is -2.02. The predicted octanol–water partition coefficient (Wildman–Crippen LogP) is 2.99. The average Bonchev–Trinajstić information content (AvgIpc) is 2.35. The van der Waals surface area contributed by atoms with Crippen LogP contribution in [-0.4, -0.2) is 23.1 Å². The molecule has 0 aliphatic carbocycles. The molecule has 0 saturated heterocycles. The molecule has 1 aromatic rings. The van der Waals surface area contributed by atoms with E-state index in [1.54, 1.807) is 0 Å². The zero-order valence-corrected chi connectivity index (χ0v) is 11.1. The molecule has 0 spiro atoms. The Morgan fingerprint density at radius 2 is 2.16 bits per heavy atom. The molecule has 8 heteroatoms. The molecule has 0 N–H and O–H groups in total. The number of aldehydes is 1. The molecular formula is C11H9Cl2NO5. The van der Waals surface area contributed by atoms with E-state index in [1.807, 2.05) is 0 Å². The van der Waals surface area contributed by atoms with E-state index in [-0.39, 0.29) is 35.1 Å². The summed E-state index contributed by atoms with van der Waals surface area (Å²) in [6, 6.07) is 2.24. The minimum absolute atomic E-state index is 0.0227. The highest BCUT2D eigenvalue weighted by Gasteiger charge is 2.17. The Labute approximate surface area is 118 Å². The monoisotopic (exact) mass is 305 g/mol. The van der Waals surface area contributed by atoms with Gasteiger partial charge in [0.1, 0.15) is 5.75 Å². The van der Waals surface area contributed by atoms with Crippen LogP contribution in [0.3, 0.4) is 0 Å². The first-order valence-electron chi connectivity index (χ1n) is 5.20. The van der Waals surface area contributed by atoms with Gasteiger partial charge in [0.15, 0.2) is 6.29 Å². The molecule has 0 amide bonds. The number of nitrogens with zero attached hydrogens (tertiary/aromatic N) is 1. The lowest BCUT2D eigenvalue weighted by molar-refractivity contribution is -0.385. The van der Waals surface area contributed by atoms with Gasteiger partial charge in [-0.2, -0.15) is 0 Å². The predicted molar refractivity (Wildman–Crippen MR) is 69.1 cm³/mol. The van der Waals surface area contributed by atoms with E-state index < -0.39 is 10.2 Å². The number of hydrogen-bond acceptors (Lipinski definition) is 5. The van der Waals surface area contributed by atoms with Crippen molar-refractivity contribution in [2.24, 2.45) is 0 Å². The van der Waals surface area contributed by atoms with Crippen molar-refractivity contribution in [2.75, 3.05) is 6.61 Å². The number of carbonyl (C=O) groups is 2. The highest BCUT2D eigenvalue weighted by molar-refractivity contribution is 6.63. The van der Waals surface area contributed by atoms with Crippen LogP contribution in [0.25, 0.3) is 0 Å². The van der Waals surface area contributed by atoms with Gasteiger partial charge in [-0.25, -0.2) is 0 Å². The molecule has 102 valence electrons. The van der Waals surface area contributed by atoms with E-state index in [1.165, 1.54) is 6.07 Å². The second-order valence-electron chi connectivity index (χ2n) is 3.52. The number of hydrogen-bond donors (Lipinski definition) is 0. The molecule has 0 atom stereocenters. The minimum atomic E-state index is -0.703. The summed E-state index contributed by atoms with van der Waals surface area (Å²) in [6.45, 7) is 0.161. The third-order valence-electron chi connectivity index (χ3n) is 2.18. The molecule has 19 heavy (non-hydrogen) atoms. The fraction of sp³-hybridized carbons (Fsp3) is 0.273. The first-order chi connectivity index (χ1) is 8.95. The van der Waals surface area contributed by atoms with Gasteiger partial charge in [-0.15, -0.1) is 0 Å². The standard InChI is InChI=1S/C11H9Cl2NO5/c12-8-5-9(14(17)18)7(6-15)4-10(8)19-3-1-2-11(13)16/h4-6H,1-3H2.